The summed E-state index contributed by atoms with van der Waals surface area (Å²) in [7, 11) is 0. The van der Waals surface area contributed by atoms with Gasteiger partial charge in [-0.2, -0.15) is 0 Å². The number of anilines is 2. The van der Waals surface area contributed by atoms with Gasteiger partial charge in [0.05, 0.1) is 23.6 Å². The number of nitrogens with zero attached hydrogens (tertiary/aromatic N) is 6. The fourth-order valence-corrected chi connectivity index (χ4v) is 6.03. The number of pyridine rings is 1. The highest BCUT2D eigenvalue weighted by molar-refractivity contribution is 6.09. The van der Waals surface area contributed by atoms with Crippen LogP contribution in [0.3, 0.4) is 0 Å². The van der Waals surface area contributed by atoms with Gasteiger partial charge in [-0.05, 0) is 54.6 Å². The number of hydrogen-bond donors (Lipinski definition) is 0. The van der Waals surface area contributed by atoms with Gasteiger partial charge in [-0.3, -0.25) is 4.57 Å². The molecule has 8 aromatic rings. The number of aromatic nitrogens is 5. The summed E-state index contributed by atoms with van der Waals surface area (Å²) in [5, 5.41) is 6.89. The van der Waals surface area contributed by atoms with Crippen LogP contribution in [0, 0.1) is 0 Å². The van der Waals surface area contributed by atoms with Crippen molar-refractivity contribution in [1.29, 1.82) is 0 Å². The molecular formula is C38H26N6O. The fourth-order valence-electron chi connectivity index (χ4n) is 6.03. The summed E-state index contributed by atoms with van der Waals surface area (Å²) in [4.78, 5) is 11.4. The van der Waals surface area contributed by atoms with Crippen LogP contribution in [-0.2, 0) is 6.67 Å². The molecule has 7 nitrogen and oxygen atoms in total. The van der Waals surface area contributed by atoms with E-state index in [-0.39, 0.29) is 30.1 Å². The molecule has 0 bridgehead atoms. The van der Waals surface area contributed by atoms with Gasteiger partial charge in [0.2, 0.25) is 0 Å². The largest absolute Gasteiger partial charge is 0.457 e. The van der Waals surface area contributed by atoms with E-state index in [4.69, 9.17) is 16.6 Å². The van der Waals surface area contributed by atoms with E-state index in [0.717, 1.165) is 44.6 Å². The van der Waals surface area contributed by atoms with Gasteiger partial charge in [0, 0.05) is 45.9 Å². The van der Waals surface area contributed by atoms with E-state index in [1.54, 1.807) is 10.9 Å². The monoisotopic (exact) mass is 587 g/mol. The van der Waals surface area contributed by atoms with Crippen molar-refractivity contribution in [3.63, 3.8) is 0 Å². The van der Waals surface area contributed by atoms with Gasteiger partial charge in [-0.1, -0.05) is 72.7 Å². The molecule has 0 fully saturated rings. The normalized spacial score (nSPS) is 13.9. The van der Waals surface area contributed by atoms with Crippen molar-refractivity contribution in [2.75, 3.05) is 4.90 Å². The van der Waals surface area contributed by atoms with E-state index in [9.17, 15) is 0 Å². The second-order valence-corrected chi connectivity index (χ2v) is 10.7. The summed E-state index contributed by atoms with van der Waals surface area (Å²) in [6.45, 7) is 0.275. The molecule has 9 rings (SSSR count). The zero-order chi connectivity index (χ0) is 34.1. The maximum absolute atomic E-state index is 8.45. The second kappa shape index (κ2) is 10.2. The highest BCUT2D eigenvalue weighted by atomic mass is 16.5. The van der Waals surface area contributed by atoms with Gasteiger partial charge in [0.25, 0.3) is 0 Å². The molecule has 0 amide bonds. The molecule has 45 heavy (non-hydrogen) atoms. The molecule has 0 aliphatic carbocycles. The van der Waals surface area contributed by atoms with E-state index in [0.29, 0.717) is 17.3 Å². The first-order valence-electron chi connectivity index (χ1n) is 17.0. The number of fused-ring (bicyclic) bond motifs is 6. The molecule has 0 saturated heterocycles. The lowest BCUT2D eigenvalue weighted by Crippen LogP contribution is -2.27. The third-order valence-electron chi connectivity index (χ3n) is 8.00. The molecule has 0 spiro atoms. The SMILES string of the molecule is [2H]c1c([2H])c([2H])c(-c2nc3n(n2)CN(c2cccc(Oc4ccc5c6ccccc6n(-c6ccccn6)c5c4)c2)c2ccccc2-3)c([2H])c1[2H]. The molecule has 4 heterocycles. The number of rotatable bonds is 5. The van der Waals surface area contributed by atoms with Crippen molar-refractivity contribution in [2.24, 2.45) is 0 Å². The minimum atomic E-state index is -0.457. The summed E-state index contributed by atoms with van der Waals surface area (Å²) < 4.78 is 51.5. The smallest absolute Gasteiger partial charge is 0.181 e. The molecule has 0 atom stereocenters. The topological polar surface area (TPSA) is 61.0 Å². The zero-order valence-electron chi connectivity index (χ0n) is 28.8. The first-order valence-corrected chi connectivity index (χ1v) is 14.5. The Hall–Kier alpha value is -6.21. The molecule has 0 saturated carbocycles. The standard InChI is InChI=1S/C38H26N6O/c1-2-11-26(12-3-1)37-40-38-32-16-5-6-17-33(32)42(25-43(38)41-37)27-13-10-14-28(23-27)45-29-20-21-31-30-15-4-7-18-34(30)44(35(31)24-29)36-19-8-9-22-39-36/h1-24H,25H2/i1D,2D,3D,11D,12D. The van der Waals surface area contributed by atoms with Gasteiger partial charge in [0.15, 0.2) is 11.6 Å². The van der Waals surface area contributed by atoms with Crippen LogP contribution in [0.5, 0.6) is 11.5 Å². The second-order valence-electron chi connectivity index (χ2n) is 10.7. The van der Waals surface area contributed by atoms with E-state index in [1.165, 1.54) is 0 Å². The van der Waals surface area contributed by atoms with Crippen LogP contribution >= 0.6 is 0 Å². The third-order valence-corrected chi connectivity index (χ3v) is 8.00. The summed E-state index contributed by atoms with van der Waals surface area (Å²) >= 11 is 0. The first-order chi connectivity index (χ1) is 24.4. The summed E-state index contributed by atoms with van der Waals surface area (Å²) in [6, 6.07) is 33.9. The molecule has 1 aliphatic rings. The Labute approximate surface area is 266 Å². The van der Waals surface area contributed by atoms with Crippen molar-refractivity contribution in [2.45, 2.75) is 6.67 Å². The predicted molar refractivity (Wildman–Crippen MR) is 178 cm³/mol. The quantitative estimate of drug-likeness (QED) is 0.201. The van der Waals surface area contributed by atoms with Crippen molar-refractivity contribution < 1.29 is 11.6 Å². The predicted octanol–water partition coefficient (Wildman–Crippen LogP) is 9.01. The lowest BCUT2D eigenvalue weighted by molar-refractivity contribution is 0.483. The van der Waals surface area contributed by atoms with Crippen LogP contribution < -0.4 is 9.64 Å². The molecule has 5 aromatic carbocycles. The maximum atomic E-state index is 8.45. The molecule has 0 radical (unpaired) electrons. The lowest BCUT2D eigenvalue weighted by Gasteiger charge is -2.31. The van der Waals surface area contributed by atoms with Crippen molar-refractivity contribution in [3.05, 3.63) is 146 Å². The lowest BCUT2D eigenvalue weighted by atomic mass is 10.1. The average molecular weight is 588 g/mol. The average Bonchev–Trinajstić information content (AvgIpc) is 3.72. The molecule has 3 aromatic heterocycles. The molecular weight excluding hydrogens is 556 g/mol. The Morgan fingerprint density at radius 2 is 1.53 bits per heavy atom. The van der Waals surface area contributed by atoms with Gasteiger partial charge in [-0.15, -0.1) is 5.10 Å². The third kappa shape index (κ3) is 4.24. The van der Waals surface area contributed by atoms with Gasteiger partial charge in [0.1, 0.15) is 24.0 Å². The highest BCUT2D eigenvalue weighted by Crippen LogP contribution is 2.41. The van der Waals surface area contributed by atoms with Crippen LogP contribution in [0.1, 0.15) is 6.85 Å². The molecule has 0 unspecified atom stereocenters. The van der Waals surface area contributed by atoms with E-state index >= 15 is 0 Å². The van der Waals surface area contributed by atoms with Crippen LogP contribution in [0.25, 0.3) is 50.4 Å². The Morgan fingerprint density at radius 3 is 2.44 bits per heavy atom. The maximum Gasteiger partial charge on any atom is 0.181 e. The van der Waals surface area contributed by atoms with Crippen molar-refractivity contribution in [1.82, 2.24) is 24.3 Å². The molecule has 214 valence electrons. The molecule has 7 heteroatoms. The summed E-state index contributed by atoms with van der Waals surface area (Å²) in [5.41, 5.74) is 4.55. The van der Waals surface area contributed by atoms with Crippen molar-refractivity contribution >= 4 is 33.2 Å². The Kier molecular flexibility index (Phi) is 4.68. The molecule has 1 aliphatic heterocycles. The van der Waals surface area contributed by atoms with Crippen molar-refractivity contribution in [3.8, 4) is 40.1 Å². The number of para-hydroxylation sites is 2. The van der Waals surface area contributed by atoms with Crippen LogP contribution in [0.2, 0.25) is 0 Å². The van der Waals surface area contributed by atoms with Crippen LogP contribution in [-0.4, -0.2) is 24.3 Å². The summed E-state index contributed by atoms with van der Waals surface area (Å²) in [6.07, 6.45) is 1.79. The van der Waals surface area contributed by atoms with Crippen LogP contribution in [0.4, 0.5) is 11.4 Å². The van der Waals surface area contributed by atoms with E-state index in [2.05, 4.69) is 37.7 Å². The van der Waals surface area contributed by atoms with E-state index < -0.39 is 18.1 Å². The van der Waals surface area contributed by atoms with Gasteiger partial charge in [-0.25, -0.2) is 14.6 Å². The van der Waals surface area contributed by atoms with Gasteiger partial charge >= 0.3 is 0 Å². The fraction of sp³-hybridized carbons (Fsp3) is 0.0263. The highest BCUT2D eigenvalue weighted by Gasteiger charge is 2.26. The Morgan fingerprint density at radius 1 is 0.711 bits per heavy atom. The minimum absolute atomic E-state index is 0.0311. The Balaban J connectivity index is 1.09. The minimum Gasteiger partial charge on any atom is -0.457 e. The number of hydrogen-bond acceptors (Lipinski definition) is 5. The van der Waals surface area contributed by atoms with E-state index in [1.807, 2.05) is 91.0 Å². The van der Waals surface area contributed by atoms with Crippen LogP contribution in [0.15, 0.2) is 146 Å². The van der Waals surface area contributed by atoms with Gasteiger partial charge < -0.3 is 9.64 Å². The summed E-state index contributed by atoms with van der Waals surface area (Å²) in [5.74, 6) is 2.76. The zero-order valence-corrected chi connectivity index (χ0v) is 23.8. The first kappa shape index (κ1) is 20.7. The number of ether oxygens (including phenoxy) is 1. The molecule has 0 N–H and O–H groups in total. The Bertz CT molecular complexity index is 2610. The number of benzene rings is 5.